The molecule has 4 unspecified atom stereocenters. The van der Waals surface area contributed by atoms with E-state index in [0.717, 1.165) is 31.7 Å². The van der Waals surface area contributed by atoms with E-state index >= 15 is 0 Å². The Morgan fingerprint density at radius 3 is 2.84 bits per heavy atom. The highest BCUT2D eigenvalue weighted by molar-refractivity contribution is 4.91. The topological polar surface area (TPSA) is 24.5 Å². The normalized spacial score (nSPS) is 38.1. The smallest absolute Gasteiger partial charge is 0.0674 e. The van der Waals surface area contributed by atoms with Crippen LogP contribution in [0.2, 0.25) is 0 Å². The summed E-state index contributed by atoms with van der Waals surface area (Å²) in [5.74, 6) is 0.930. The van der Waals surface area contributed by atoms with Crippen LogP contribution in [0.25, 0.3) is 0 Å². The maximum atomic E-state index is 5.81. The standard InChI is InChI=1S/C16H32N2O/c1-4-14-7-8-15(17-5-2)16(11-14)18-9-6-10-19-13(3)12-18/h13-17H,4-12H2,1-3H3. The molecule has 0 amide bonds. The Morgan fingerprint density at radius 2 is 2.11 bits per heavy atom. The number of rotatable bonds is 4. The lowest BCUT2D eigenvalue weighted by Crippen LogP contribution is -2.54. The van der Waals surface area contributed by atoms with Gasteiger partial charge in [-0.1, -0.05) is 20.3 Å². The molecule has 1 heterocycles. The Labute approximate surface area is 119 Å². The van der Waals surface area contributed by atoms with Gasteiger partial charge in [0.25, 0.3) is 0 Å². The van der Waals surface area contributed by atoms with Crippen LogP contribution in [0.3, 0.4) is 0 Å². The molecule has 0 aromatic carbocycles. The van der Waals surface area contributed by atoms with Gasteiger partial charge in [-0.15, -0.1) is 0 Å². The highest BCUT2D eigenvalue weighted by Crippen LogP contribution is 2.31. The van der Waals surface area contributed by atoms with Crippen LogP contribution in [-0.4, -0.2) is 49.3 Å². The van der Waals surface area contributed by atoms with E-state index in [2.05, 4.69) is 31.0 Å². The van der Waals surface area contributed by atoms with Crippen molar-refractivity contribution in [2.75, 3.05) is 26.2 Å². The van der Waals surface area contributed by atoms with Crippen LogP contribution in [0.5, 0.6) is 0 Å². The van der Waals surface area contributed by atoms with E-state index < -0.39 is 0 Å². The molecular formula is C16H32N2O. The van der Waals surface area contributed by atoms with E-state index in [0.29, 0.717) is 12.1 Å². The molecule has 2 fully saturated rings. The third-order valence-corrected chi connectivity index (χ3v) is 4.92. The summed E-state index contributed by atoms with van der Waals surface area (Å²) < 4.78 is 5.81. The van der Waals surface area contributed by atoms with Crippen LogP contribution >= 0.6 is 0 Å². The predicted molar refractivity (Wildman–Crippen MR) is 80.5 cm³/mol. The van der Waals surface area contributed by atoms with Crippen molar-refractivity contribution in [3.8, 4) is 0 Å². The largest absolute Gasteiger partial charge is 0.377 e. The highest BCUT2D eigenvalue weighted by atomic mass is 16.5. The first kappa shape index (κ1) is 15.3. The van der Waals surface area contributed by atoms with Gasteiger partial charge < -0.3 is 10.1 Å². The summed E-state index contributed by atoms with van der Waals surface area (Å²) in [7, 11) is 0. The van der Waals surface area contributed by atoms with E-state index in [9.17, 15) is 0 Å². The Bertz CT molecular complexity index is 259. The predicted octanol–water partition coefficient (Wildman–Crippen LogP) is 2.65. The van der Waals surface area contributed by atoms with Crippen LogP contribution in [0.4, 0.5) is 0 Å². The van der Waals surface area contributed by atoms with Gasteiger partial charge in [-0.2, -0.15) is 0 Å². The molecule has 0 aromatic rings. The fourth-order valence-corrected chi connectivity index (χ4v) is 3.83. The summed E-state index contributed by atoms with van der Waals surface area (Å²) in [6.45, 7) is 11.2. The lowest BCUT2D eigenvalue weighted by molar-refractivity contribution is 0.0439. The quantitative estimate of drug-likeness (QED) is 0.848. The second-order valence-electron chi connectivity index (χ2n) is 6.35. The minimum atomic E-state index is 0.395. The lowest BCUT2D eigenvalue weighted by atomic mass is 9.80. The van der Waals surface area contributed by atoms with Crippen LogP contribution in [0.1, 0.15) is 52.9 Å². The van der Waals surface area contributed by atoms with E-state index in [-0.39, 0.29) is 0 Å². The molecule has 1 saturated carbocycles. The van der Waals surface area contributed by atoms with Gasteiger partial charge in [0.05, 0.1) is 6.10 Å². The molecule has 4 atom stereocenters. The van der Waals surface area contributed by atoms with E-state index in [4.69, 9.17) is 4.74 Å². The summed E-state index contributed by atoms with van der Waals surface area (Å²) in [4.78, 5) is 2.72. The lowest BCUT2D eigenvalue weighted by Gasteiger charge is -2.43. The molecule has 1 aliphatic carbocycles. The van der Waals surface area contributed by atoms with Crippen molar-refractivity contribution in [2.45, 2.75) is 71.1 Å². The number of ether oxygens (including phenoxy) is 1. The third kappa shape index (κ3) is 4.17. The minimum absolute atomic E-state index is 0.395. The Balaban J connectivity index is 2.02. The van der Waals surface area contributed by atoms with Crippen LogP contribution in [0.15, 0.2) is 0 Å². The maximum absolute atomic E-state index is 5.81. The fourth-order valence-electron chi connectivity index (χ4n) is 3.83. The van der Waals surface area contributed by atoms with Crippen molar-refractivity contribution in [2.24, 2.45) is 5.92 Å². The molecule has 0 aromatic heterocycles. The maximum Gasteiger partial charge on any atom is 0.0674 e. The first-order valence-corrected chi connectivity index (χ1v) is 8.33. The Morgan fingerprint density at radius 1 is 1.26 bits per heavy atom. The third-order valence-electron chi connectivity index (χ3n) is 4.92. The molecule has 0 radical (unpaired) electrons. The number of hydrogen-bond acceptors (Lipinski definition) is 3. The van der Waals surface area contributed by atoms with Crippen LogP contribution in [0, 0.1) is 5.92 Å². The molecule has 1 saturated heterocycles. The van der Waals surface area contributed by atoms with Gasteiger partial charge in [-0.05, 0) is 45.1 Å². The molecular weight excluding hydrogens is 236 g/mol. The van der Waals surface area contributed by atoms with Gasteiger partial charge in [0, 0.05) is 31.8 Å². The number of nitrogens with zero attached hydrogens (tertiary/aromatic N) is 1. The molecule has 112 valence electrons. The zero-order valence-corrected chi connectivity index (χ0v) is 13.0. The molecule has 0 bridgehead atoms. The molecule has 19 heavy (non-hydrogen) atoms. The summed E-state index contributed by atoms with van der Waals surface area (Å²) in [6.07, 6.45) is 7.06. The fraction of sp³-hybridized carbons (Fsp3) is 1.00. The molecule has 2 rings (SSSR count). The van der Waals surface area contributed by atoms with Crippen molar-refractivity contribution in [1.82, 2.24) is 10.2 Å². The highest BCUT2D eigenvalue weighted by Gasteiger charge is 2.34. The average molecular weight is 268 g/mol. The molecule has 1 N–H and O–H groups in total. The van der Waals surface area contributed by atoms with Gasteiger partial charge in [0.2, 0.25) is 0 Å². The Hall–Kier alpha value is -0.120. The monoisotopic (exact) mass is 268 g/mol. The molecule has 1 aliphatic heterocycles. The SMILES string of the molecule is CCNC1CCC(CC)CC1N1CCCOC(C)C1. The van der Waals surface area contributed by atoms with Gasteiger partial charge >= 0.3 is 0 Å². The molecule has 2 aliphatic rings. The van der Waals surface area contributed by atoms with Gasteiger partial charge in [0.1, 0.15) is 0 Å². The van der Waals surface area contributed by atoms with E-state index in [1.807, 2.05) is 0 Å². The van der Waals surface area contributed by atoms with Crippen LogP contribution in [-0.2, 0) is 4.74 Å². The van der Waals surface area contributed by atoms with Crippen molar-refractivity contribution in [3.63, 3.8) is 0 Å². The summed E-state index contributed by atoms with van der Waals surface area (Å²) in [5, 5.41) is 3.73. The van der Waals surface area contributed by atoms with Crippen molar-refractivity contribution in [1.29, 1.82) is 0 Å². The minimum Gasteiger partial charge on any atom is -0.377 e. The first-order valence-electron chi connectivity index (χ1n) is 8.33. The summed E-state index contributed by atoms with van der Waals surface area (Å²) in [5.41, 5.74) is 0. The number of likely N-dealkylation sites (N-methyl/N-ethyl adjacent to an activating group) is 1. The molecule has 3 heteroatoms. The van der Waals surface area contributed by atoms with E-state index in [1.165, 1.54) is 38.6 Å². The number of hydrogen-bond donors (Lipinski definition) is 1. The second kappa shape index (κ2) is 7.61. The average Bonchev–Trinajstić information content (AvgIpc) is 2.64. The van der Waals surface area contributed by atoms with Gasteiger partial charge in [-0.3, -0.25) is 4.90 Å². The summed E-state index contributed by atoms with van der Waals surface area (Å²) in [6, 6.07) is 1.42. The van der Waals surface area contributed by atoms with Crippen molar-refractivity contribution in [3.05, 3.63) is 0 Å². The molecule has 0 spiro atoms. The second-order valence-corrected chi connectivity index (χ2v) is 6.35. The zero-order chi connectivity index (χ0) is 13.7. The summed E-state index contributed by atoms with van der Waals surface area (Å²) >= 11 is 0. The van der Waals surface area contributed by atoms with Crippen LogP contribution < -0.4 is 5.32 Å². The Kier molecular flexibility index (Phi) is 6.11. The van der Waals surface area contributed by atoms with Crippen molar-refractivity contribution < 1.29 is 4.74 Å². The first-order chi connectivity index (χ1) is 9.24. The zero-order valence-electron chi connectivity index (χ0n) is 13.0. The number of nitrogens with one attached hydrogen (secondary N) is 1. The molecule has 3 nitrogen and oxygen atoms in total. The van der Waals surface area contributed by atoms with Crippen molar-refractivity contribution >= 4 is 0 Å². The van der Waals surface area contributed by atoms with E-state index in [1.54, 1.807) is 0 Å². The van der Waals surface area contributed by atoms with Gasteiger partial charge in [0.15, 0.2) is 0 Å². The van der Waals surface area contributed by atoms with Gasteiger partial charge in [-0.25, -0.2) is 0 Å².